The Morgan fingerprint density at radius 3 is 0.895 bits per heavy atom. The van der Waals surface area contributed by atoms with Crippen LogP contribution in [0.5, 0.6) is 0 Å². The van der Waals surface area contributed by atoms with Crippen LogP contribution in [0.25, 0.3) is 0 Å². The zero-order chi connectivity index (χ0) is 29.5. The van der Waals surface area contributed by atoms with Gasteiger partial charge in [0.2, 0.25) is 3.79 Å². The van der Waals surface area contributed by atoms with Crippen molar-refractivity contribution in [3.8, 4) is 0 Å². The van der Waals surface area contributed by atoms with Gasteiger partial charge < -0.3 is 30.6 Å². The molecule has 0 fully saturated rings. The van der Waals surface area contributed by atoms with Crippen molar-refractivity contribution in [2.45, 2.75) is 13.6 Å². The van der Waals surface area contributed by atoms with Gasteiger partial charge in [0, 0.05) is 9.79 Å². The number of aldehydes is 1. The van der Waals surface area contributed by atoms with Crippen molar-refractivity contribution in [2.75, 3.05) is 0 Å². The van der Waals surface area contributed by atoms with Crippen LogP contribution in [0.15, 0.2) is 34.1 Å². The highest BCUT2D eigenvalue weighted by Gasteiger charge is 2.27. The molecule has 0 aliphatic carbocycles. The molecule has 2 rings (SSSR count). The second kappa shape index (κ2) is 13.3. The summed E-state index contributed by atoms with van der Waals surface area (Å²) < 4.78 is -1.72. The van der Waals surface area contributed by atoms with E-state index in [2.05, 4.69) is 0 Å². The fourth-order valence-electron chi connectivity index (χ4n) is 2.40. The van der Waals surface area contributed by atoms with Crippen LogP contribution < -0.4 is 0 Å². The van der Waals surface area contributed by atoms with E-state index >= 15 is 0 Å². The summed E-state index contributed by atoms with van der Waals surface area (Å²) in [6.07, 6.45) is 0.234. The third-order valence-electron chi connectivity index (χ3n) is 3.94. The normalized spacial score (nSPS) is 10.5. The summed E-state index contributed by atoms with van der Waals surface area (Å²) in [6.45, 7) is 0. The minimum absolute atomic E-state index is 0.234. The van der Waals surface area contributed by atoms with Crippen molar-refractivity contribution in [3.05, 3.63) is 57.6 Å². The average Bonchev–Trinajstić information content (AvgIpc) is 2.80. The van der Waals surface area contributed by atoms with Gasteiger partial charge in [-0.2, -0.15) is 0 Å². The average molecular weight is 630 g/mol. The molecule has 0 spiro atoms. The molecule has 0 saturated heterocycles. The lowest BCUT2D eigenvalue weighted by Crippen LogP contribution is -2.11. The molecule has 0 saturated carbocycles. The first-order chi connectivity index (χ1) is 17.4. The van der Waals surface area contributed by atoms with Crippen molar-refractivity contribution >= 4 is 98.5 Å². The molecule has 0 aliphatic rings. The number of carboxylic acids is 6. The van der Waals surface area contributed by atoms with Gasteiger partial charge in [-0.25, -0.2) is 28.8 Å². The Morgan fingerprint density at radius 2 is 0.763 bits per heavy atom. The Labute approximate surface area is 233 Å². The molecule has 0 amide bonds. The molecule has 0 bridgehead atoms. The largest absolute Gasteiger partial charge is 0.478 e. The summed E-state index contributed by atoms with van der Waals surface area (Å²) in [5.41, 5.74) is -4.16. The number of carboxylic acid groups (broad SMARTS) is 6. The van der Waals surface area contributed by atoms with Gasteiger partial charge >= 0.3 is 35.8 Å². The lowest BCUT2D eigenvalue weighted by molar-refractivity contribution is -0.107. The monoisotopic (exact) mass is 628 g/mol. The van der Waals surface area contributed by atoms with Gasteiger partial charge in [-0.05, 0) is 24.3 Å². The van der Waals surface area contributed by atoms with E-state index in [1.807, 2.05) is 0 Å². The second-order valence-electron chi connectivity index (χ2n) is 6.46. The Morgan fingerprint density at radius 1 is 0.553 bits per heavy atom. The summed E-state index contributed by atoms with van der Waals surface area (Å²) in [5, 5.41) is 55.8. The molecule has 13 nitrogen and oxygen atoms in total. The van der Waals surface area contributed by atoms with E-state index in [9.17, 15) is 54.0 Å². The number of halogens is 3. The van der Waals surface area contributed by atoms with Crippen molar-refractivity contribution in [2.24, 2.45) is 0 Å². The number of hydrogen-bond donors (Lipinski definition) is 6. The topological polar surface area (TPSA) is 241 Å². The number of carbonyl (C=O) groups is 7. The van der Waals surface area contributed by atoms with Crippen LogP contribution in [-0.2, 0) is 4.79 Å². The molecule has 2 aromatic carbocycles. The lowest BCUT2D eigenvalue weighted by Gasteiger charge is -2.13. The Hall–Kier alpha value is -3.50. The molecule has 0 heterocycles. The van der Waals surface area contributed by atoms with Crippen LogP contribution in [0, 0.1) is 0 Å². The zero-order valence-electron chi connectivity index (χ0n) is 17.9. The Kier molecular flexibility index (Phi) is 11.4. The van der Waals surface area contributed by atoms with Gasteiger partial charge in [-0.1, -0.05) is 56.4 Å². The Balaban J connectivity index is 0.00000107. The third kappa shape index (κ3) is 8.81. The number of alkyl halides is 3. The standard InChI is InChI=1S/C18H10O12S2.C2HCl3O/c19-13(20)5-1-7(15(23)24)11(8(2-5)16(25)26)31-32-12-9(17(27)28)3-6(14(21)22)4-10(12)18(29)30;3-2(4,5)1-6/h1-4H,(H,19,20)(H,21,22)(H,23,24)(H,25,26)(H,27,28)(H,29,30);1H. The van der Waals surface area contributed by atoms with E-state index in [0.717, 1.165) is 0 Å². The predicted molar refractivity (Wildman–Crippen MR) is 133 cm³/mol. The van der Waals surface area contributed by atoms with E-state index in [1.165, 1.54) is 0 Å². The molecule has 0 aromatic heterocycles. The highest BCUT2D eigenvalue weighted by molar-refractivity contribution is 8.76. The summed E-state index contributed by atoms with van der Waals surface area (Å²) in [6, 6.07) is 2.79. The van der Waals surface area contributed by atoms with Gasteiger partial charge in [0.25, 0.3) is 0 Å². The van der Waals surface area contributed by atoms with Gasteiger partial charge in [0.1, 0.15) is 0 Å². The third-order valence-corrected chi connectivity index (χ3v) is 6.75. The van der Waals surface area contributed by atoms with Crippen molar-refractivity contribution < 1.29 is 64.2 Å². The highest BCUT2D eigenvalue weighted by Crippen LogP contribution is 2.44. The minimum atomic E-state index is -1.72. The number of benzene rings is 2. The van der Waals surface area contributed by atoms with E-state index in [4.69, 9.17) is 45.0 Å². The van der Waals surface area contributed by atoms with Crippen molar-refractivity contribution in [1.29, 1.82) is 0 Å². The first kappa shape index (κ1) is 32.5. The van der Waals surface area contributed by atoms with Crippen LogP contribution in [0.3, 0.4) is 0 Å². The van der Waals surface area contributed by atoms with Gasteiger partial charge in [0.15, 0.2) is 6.29 Å². The SMILES string of the molecule is O=C(O)c1cc(C(=O)O)c(SSc2c(C(=O)O)cc(C(=O)O)cc2C(=O)O)c(C(=O)O)c1.O=CC(Cl)(Cl)Cl. The summed E-state index contributed by atoms with van der Waals surface area (Å²) in [4.78, 5) is 77.2. The molecule has 0 unspecified atom stereocenters. The summed E-state index contributed by atoms with van der Waals surface area (Å²) in [7, 11) is 0.738. The van der Waals surface area contributed by atoms with Crippen LogP contribution in [0.2, 0.25) is 0 Å². The maximum absolute atomic E-state index is 11.6. The number of carbonyl (C=O) groups excluding carboxylic acids is 1. The molecule has 38 heavy (non-hydrogen) atoms. The molecule has 6 N–H and O–H groups in total. The van der Waals surface area contributed by atoms with E-state index < -0.39 is 82.8 Å². The molecule has 202 valence electrons. The van der Waals surface area contributed by atoms with E-state index in [0.29, 0.717) is 45.9 Å². The van der Waals surface area contributed by atoms with Gasteiger partial charge in [-0.15, -0.1) is 0 Å². The summed E-state index contributed by atoms with van der Waals surface area (Å²) in [5.74, 6) is -9.92. The minimum Gasteiger partial charge on any atom is -0.478 e. The Bertz CT molecular complexity index is 1190. The molecular weight excluding hydrogens is 619 g/mol. The van der Waals surface area contributed by atoms with Crippen LogP contribution in [0.4, 0.5) is 0 Å². The fraction of sp³-hybridized carbons (Fsp3) is 0.0500. The molecule has 2 aromatic rings. The predicted octanol–water partition coefficient (Wildman–Crippen LogP) is 4.23. The van der Waals surface area contributed by atoms with Crippen LogP contribution in [-0.4, -0.2) is 76.5 Å². The first-order valence-corrected chi connectivity index (χ1v) is 12.3. The number of rotatable bonds is 9. The number of aromatic carboxylic acids is 6. The first-order valence-electron chi connectivity index (χ1n) is 9.04. The highest BCUT2D eigenvalue weighted by atomic mass is 35.6. The van der Waals surface area contributed by atoms with Crippen LogP contribution in [0.1, 0.15) is 62.1 Å². The molecule has 0 atom stereocenters. The zero-order valence-corrected chi connectivity index (χ0v) is 21.8. The molecule has 0 aliphatic heterocycles. The molecule has 0 radical (unpaired) electrons. The fourth-order valence-corrected chi connectivity index (χ4v) is 5.09. The van der Waals surface area contributed by atoms with Crippen molar-refractivity contribution in [1.82, 2.24) is 0 Å². The molecule has 18 heteroatoms. The number of hydrogen-bond acceptors (Lipinski definition) is 9. The van der Waals surface area contributed by atoms with Crippen molar-refractivity contribution in [3.63, 3.8) is 0 Å². The lowest BCUT2D eigenvalue weighted by atomic mass is 10.1. The van der Waals surface area contributed by atoms with Gasteiger partial charge in [-0.3, -0.25) is 4.79 Å². The smallest absolute Gasteiger partial charge is 0.336 e. The summed E-state index contributed by atoms with van der Waals surface area (Å²) >= 11 is 14.6. The van der Waals surface area contributed by atoms with E-state index in [-0.39, 0.29) is 6.29 Å². The van der Waals surface area contributed by atoms with Gasteiger partial charge in [0.05, 0.1) is 33.4 Å². The van der Waals surface area contributed by atoms with E-state index in [1.54, 1.807) is 0 Å². The molecular formula is C20H11Cl3O13S2. The maximum Gasteiger partial charge on any atom is 0.336 e. The maximum atomic E-state index is 11.6. The van der Waals surface area contributed by atoms with Crippen LogP contribution >= 0.6 is 56.4 Å². The quantitative estimate of drug-likeness (QED) is 0.129. The second-order valence-corrected chi connectivity index (χ2v) is 11.0.